The van der Waals surface area contributed by atoms with Crippen molar-refractivity contribution in [3.8, 4) is 0 Å². The summed E-state index contributed by atoms with van der Waals surface area (Å²) in [6.07, 6.45) is 7.41. The summed E-state index contributed by atoms with van der Waals surface area (Å²) < 4.78 is 4.95. The first-order valence-corrected chi connectivity index (χ1v) is 6.69. The molecule has 0 aromatic carbocycles. The highest BCUT2D eigenvalue weighted by Crippen LogP contribution is 2.23. The second-order valence-corrected chi connectivity index (χ2v) is 4.79. The van der Waals surface area contributed by atoms with Crippen molar-refractivity contribution in [2.75, 3.05) is 5.32 Å². The predicted molar refractivity (Wildman–Crippen MR) is 69.7 cm³/mol. The van der Waals surface area contributed by atoms with Gasteiger partial charge >= 0.3 is 0 Å². The normalized spacial score (nSPS) is 14.8. The van der Waals surface area contributed by atoms with Gasteiger partial charge in [-0.1, -0.05) is 11.6 Å². The first-order valence-electron chi connectivity index (χ1n) is 6.69. The van der Waals surface area contributed by atoms with Crippen molar-refractivity contribution in [2.45, 2.75) is 45.6 Å². The van der Waals surface area contributed by atoms with E-state index in [4.69, 9.17) is 4.52 Å². The van der Waals surface area contributed by atoms with Crippen molar-refractivity contribution in [3.05, 3.63) is 29.3 Å². The van der Waals surface area contributed by atoms with Crippen LogP contribution in [0, 0.1) is 6.92 Å². The zero-order valence-electron chi connectivity index (χ0n) is 11.0. The molecule has 6 nitrogen and oxygen atoms in total. The molecule has 2 heterocycles. The fourth-order valence-corrected chi connectivity index (χ4v) is 2.43. The van der Waals surface area contributed by atoms with E-state index in [0.717, 1.165) is 18.7 Å². The fourth-order valence-electron chi connectivity index (χ4n) is 2.43. The fraction of sp³-hybridized carbons (Fsp3) is 0.538. The molecule has 0 fully saturated rings. The number of rotatable bonds is 3. The van der Waals surface area contributed by atoms with Crippen molar-refractivity contribution < 1.29 is 4.52 Å². The molecule has 1 aliphatic carbocycles. The van der Waals surface area contributed by atoms with Crippen molar-refractivity contribution in [3.63, 3.8) is 0 Å². The standard InChI is InChI=1S/C13H17N5O/c1-9-17-12(18-19-9)7-14-13-10-5-3-2-4-6-11(10)15-8-16-13/h8H,2-7H2,1H3,(H,14,15,16). The van der Waals surface area contributed by atoms with Gasteiger partial charge in [0.1, 0.15) is 12.1 Å². The summed E-state index contributed by atoms with van der Waals surface area (Å²) in [6.45, 7) is 2.31. The van der Waals surface area contributed by atoms with E-state index >= 15 is 0 Å². The summed E-state index contributed by atoms with van der Waals surface area (Å²) in [5.41, 5.74) is 2.43. The van der Waals surface area contributed by atoms with E-state index in [2.05, 4.69) is 25.4 Å². The minimum atomic E-state index is 0.529. The molecule has 0 saturated carbocycles. The summed E-state index contributed by atoms with van der Waals surface area (Å²) in [5, 5.41) is 7.16. The maximum Gasteiger partial charge on any atom is 0.223 e. The monoisotopic (exact) mass is 259 g/mol. The quantitative estimate of drug-likeness (QED) is 0.850. The Morgan fingerprint density at radius 2 is 2.11 bits per heavy atom. The van der Waals surface area contributed by atoms with E-state index < -0.39 is 0 Å². The number of nitrogens with one attached hydrogen (secondary N) is 1. The molecule has 3 rings (SSSR count). The first kappa shape index (κ1) is 12.1. The number of fused-ring (bicyclic) bond motifs is 1. The Kier molecular flexibility index (Phi) is 3.39. The van der Waals surface area contributed by atoms with Gasteiger partial charge in [-0.3, -0.25) is 0 Å². The molecule has 100 valence electrons. The first-order chi connectivity index (χ1) is 9.33. The third-order valence-electron chi connectivity index (χ3n) is 3.36. The Labute approximate surface area is 111 Å². The number of hydrogen-bond donors (Lipinski definition) is 1. The molecule has 2 aromatic rings. The van der Waals surface area contributed by atoms with Crippen LogP contribution in [0.2, 0.25) is 0 Å². The number of aromatic nitrogens is 4. The van der Waals surface area contributed by atoms with Gasteiger partial charge in [-0.2, -0.15) is 4.98 Å². The van der Waals surface area contributed by atoms with Crippen LogP contribution in [-0.2, 0) is 19.4 Å². The van der Waals surface area contributed by atoms with Gasteiger partial charge in [0, 0.05) is 18.2 Å². The topological polar surface area (TPSA) is 76.7 Å². The van der Waals surface area contributed by atoms with Gasteiger partial charge in [-0.25, -0.2) is 9.97 Å². The summed E-state index contributed by atoms with van der Waals surface area (Å²) in [5.74, 6) is 2.14. The molecule has 0 spiro atoms. The summed E-state index contributed by atoms with van der Waals surface area (Å²) in [4.78, 5) is 12.9. The minimum absolute atomic E-state index is 0.529. The molecule has 6 heteroatoms. The third-order valence-corrected chi connectivity index (χ3v) is 3.36. The van der Waals surface area contributed by atoms with E-state index in [1.807, 2.05) is 0 Å². The second kappa shape index (κ2) is 5.34. The lowest BCUT2D eigenvalue weighted by atomic mass is 10.1. The van der Waals surface area contributed by atoms with Crippen LogP contribution in [0.25, 0.3) is 0 Å². The molecule has 0 unspecified atom stereocenters. The lowest BCUT2D eigenvalue weighted by molar-refractivity contribution is 0.388. The Hall–Kier alpha value is -1.98. The highest BCUT2D eigenvalue weighted by Gasteiger charge is 2.14. The minimum Gasteiger partial charge on any atom is -0.362 e. The average molecular weight is 259 g/mol. The van der Waals surface area contributed by atoms with Gasteiger partial charge in [0.05, 0.1) is 6.54 Å². The molecule has 1 N–H and O–H groups in total. The van der Waals surface area contributed by atoms with E-state index in [1.54, 1.807) is 13.3 Å². The van der Waals surface area contributed by atoms with E-state index in [1.165, 1.54) is 30.5 Å². The Morgan fingerprint density at radius 1 is 1.21 bits per heavy atom. The van der Waals surface area contributed by atoms with Crippen LogP contribution in [0.5, 0.6) is 0 Å². The zero-order valence-corrected chi connectivity index (χ0v) is 11.0. The molecular weight excluding hydrogens is 242 g/mol. The molecular formula is C13H17N5O. The Morgan fingerprint density at radius 3 is 2.95 bits per heavy atom. The Balaban J connectivity index is 1.77. The highest BCUT2D eigenvalue weighted by molar-refractivity contribution is 5.46. The molecule has 0 aliphatic heterocycles. The van der Waals surface area contributed by atoms with Gasteiger partial charge in [0.25, 0.3) is 0 Å². The molecule has 1 aliphatic rings. The van der Waals surface area contributed by atoms with E-state index in [9.17, 15) is 0 Å². The van der Waals surface area contributed by atoms with E-state index in [-0.39, 0.29) is 0 Å². The maximum absolute atomic E-state index is 4.95. The SMILES string of the molecule is Cc1nc(CNc2ncnc3c2CCCCC3)no1. The molecule has 0 atom stereocenters. The van der Waals surface area contributed by atoms with Crippen LogP contribution in [0.4, 0.5) is 5.82 Å². The lowest BCUT2D eigenvalue weighted by Crippen LogP contribution is -2.08. The van der Waals surface area contributed by atoms with Gasteiger partial charge < -0.3 is 9.84 Å². The van der Waals surface area contributed by atoms with Gasteiger partial charge in [0.15, 0.2) is 5.82 Å². The van der Waals surface area contributed by atoms with Crippen LogP contribution in [0.1, 0.15) is 42.2 Å². The highest BCUT2D eigenvalue weighted by atomic mass is 16.5. The number of nitrogens with zero attached hydrogens (tertiary/aromatic N) is 4. The van der Waals surface area contributed by atoms with Crippen molar-refractivity contribution >= 4 is 5.82 Å². The van der Waals surface area contributed by atoms with Gasteiger partial charge in [-0.05, 0) is 25.7 Å². The predicted octanol–water partition coefficient (Wildman–Crippen LogP) is 2.05. The zero-order chi connectivity index (χ0) is 13.1. The van der Waals surface area contributed by atoms with Crippen molar-refractivity contribution in [1.29, 1.82) is 0 Å². The molecule has 0 amide bonds. The number of anilines is 1. The maximum atomic E-state index is 4.95. The van der Waals surface area contributed by atoms with Crippen molar-refractivity contribution in [2.24, 2.45) is 0 Å². The third kappa shape index (κ3) is 2.72. The molecule has 0 radical (unpaired) electrons. The Bertz CT molecular complexity index is 566. The summed E-state index contributed by atoms with van der Waals surface area (Å²) >= 11 is 0. The van der Waals surface area contributed by atoms with E-state index in [0.29, 0.717) is 18.3 Å². The van der Waals surface area contributed by atoms with Crippen LogP contribution < -0.4 is 5.32 Å². The summed E-state index contributed by atoms with van der Waals surface area (Å²) in [6, 6.07) is 0. The second-order valence-electron chi connectivity index (χ2n) is 4.79. The van der Waals surface area contributed by atoms with Crippen LogP contribution in [-0.4, -0.2) is 20.1 Å². The average Bonchev–Trinajstić information content (AvgIpc) is 2.69. The number of aryl methyl sites for hydroxylation is 2. The van der Waals surface area contributed by atoms with Crippen LogP contribution >= 0.6 is 0 Å². The van der Waals surface area contributed by atoms with Crippen molar-refractivity contribution in [1.82, 2.24) is 20.1 Å². The van der Waals surface area contributed by atoms with Crippen LogP contribution in [0.15, 0.2) is 10.9 Å². The lowest BCUT2D eigenvalue weighted by Gasteiger charge is -2.10. The molecule has 19 heavy (non-hydrogen) atoms. The molecule has 2 aromatic heterocycles. The smallest absolute Gasteiger partial charge is 0.223 e. The largest absolute Gasteiger partial charge is 0.362 e. The summed E-state index contributed by atoms with van der Waals surface area (Å²) in [7, 11) is 0. The number of hydrogen-bond acceptors (Lipinski definition) is 6. The molecule has 0 saturated heterocycles. The molecule has 0 bridgehead atoms. The van der Waals surface area contributed by atoms with Gasteiger partial charge in [-0.15, -0.1) is 0 Å². The van der Waals surface area contributed by atoms with Gasteiger partial charge in [0.2, 0.25) is 5.89 Å². The van der Waals surface area contributed by atoms with Crippen LogP contribution in [0.3, 0.4) is 0 Å².